The maximum absolute atomic E-state index is 13.3. The molecule has 0 aliphatic heterocycles. The molecule has 26 heavy (non-hydrogen) atoms. The van der Waals surface area contributed by atoms with Gasteiger partial charge in [0.15, 0.2) is 5.82 Å². The highest BCUT2D eigenvalue weighted by atomic mass is 35.5. The summed E-state index contributed by atoms with van der Waals surface area (Å²) >= 11 is 6.18. The van der Waals surface area contributed by atoms with Gasteiger partial charge in [0.25, 0.3) is 5.91 Å². The number of nitrogens with zero attached hydrogens (tertiary/aromatic N) is 2. The number of carbonyl (C=O) groups excluding carboxylic acids is 1. The van der Waals surface area contributed by atoms with Crippen molar-refractivity contribution in [1.82, 2.24) is 9.78 Å². The zero-order chi connectivity index (χ0) is 18.7. The van der Waals surface area contributed by atoms with Crippen molar-refractivity contribution < 1.29 is 13.9 Å². The molecule has 0 aliphatic rings. The van der Waals surface area contributed by atoms with Crippen LogP contribution in [0.25, 0.3) is 0 Å². The SMILES string of the molecule is COc1cccc(C(=O)Nc2nn(Cc3cccc(F)c3)cc2Cl)c1C. The first-order valence-electron chi connectivity index (χ1n) is 7.90. The lowest BCUT2D eigenvalue weighted by atomic mass is 10.1. The van der Waals surface area contributed by atoms with E-state index in [0.717, 1.165) is 11.1 Å². The number of hydrogen-bond acceptors (Lipinski definition) is 3. The molecule has 0 atom stereocenters. The summed E-state index contributed by atoms with van der Waals surface area (Å²) in [6, 6.07) is 11.4. The number of carbonyl (C=O) groups is 1. The first kappa shape index (κ1) is 17.9. The summed E-state index contributed by atoms with van der Waals surface area (Å²) in [4.78, 5) is 12.5. The zero-order valence-corrected chi connectivity index (χ0v) is 15.0. The Labute approximate surface area is 155 Å². The highest BCUT2D eigenvalue weighted by Crippen LogP contribution is 2.24. The van der Waals surface area contributed by atoms with Crippen molar-refractivity contribution in [3.63, 3.8) is 0 Å². The fraction of sp³-hybridized carbons (Fsp3) is 0.158. The number of hydrogen-bond donors (Lipinski definition) is 1. The summed E-state index contributed by atoms with van der Waals surface area (Å²) in [5, 5.41) is 7.28. The van der Waals surface area contributed by atoms with Gasteiger partial charge in [0, 0.05) is 17.3 Å². The largest absolute Gasteiger partial charge is 0.496 e. The van der Waals surface area contributed by atoms with Gasteiger partial charge in [-0.05, 0) is 36.8 Å². The van der Waals surface area contributed by atoms with Crippen LogP contribution in [0.1, 0.15) is 21.5 Å². The third-order valence-corrected chi connectivity index (χ3v) is 4.21. The second-order valence-corrected chi connectivity index (χ2v) is 6.15. The Morgan fingerprint density at radius 1 is 1.31 bits per heavy atom. The molecule has 0 aliphatic carbocycles. The van der Waals surface area contributed by atoms with Crippen LogP contribution in [-0.4, -0.2) is 22.8 Å². The number of ether oxygens (including phenoxy) is 1. The van der Waals surface area contributed by atoms with E-state index < -0.39 is 0 Å². The van der Waals surface area contributed by atoms with Crippen molar-refractivity contribution in [3.8, 4) is 5.75 Å². The van der Waals surface area contributed by atoms with Crippen LogP contribution in [0, 0.1) is 12.7 Å². The van der Waals surface area contributed by atoms with Crippen LogP contribution in [0.4, 0.5) is 10.2 Å². The number of aromatic nitrogens is 2. The molecule has 5 nitrogen and oxygen atoms in total. The van der Waals surface area contributed by atoms with E-state index in [2.05, 4.69) is 10.4 Å². The number of amides is 1. The Hall–Kier alpha value is -2.86. The molecule has 7 heteroatoms. The predicted molar refractivity (Wildman–Crippen MR) is 98.4 cm³/mol. The van der Waals surface area contributed by atoms with Gasteiger partial charge < -0.3 is 10.1 Å². The molecule has 0 saturated carbocycles. The second kappa shape index (κ2) is 7.58. The van der Waals surface area contributed by atoms with Gasteiger partial charge in [-0.1, -0.05) is 29.8 Å². The van der Waals surface area contributed by atoms with Crippen molar-refractivity contribution in [2.45, 2.75) is 13.5 Å². The fourth-order valence-corrected chi connectivity index (χ4v) is 2.84. The van der Waals surface area contributed by atoms with Crippen molar-refractivity contribution >= 4 is 23.3 Å². The lowest BCUT2D eigenvalue weighted by Gasteiger charge is -2.09. The topological polar surface area (TPSA) is 56.1 Å². The molecule has 0 spiro atoms. The third kappa shape index (κ3) is 3.86. The van der Waals surface area contributed by atoms with Crippen molar-refractivity contribution in [3.05, 3.63) is 76.2 Å². The summed E-state index contributed by atoms with van der Waals surface area (Å²) in [6.07, 6.45) is 1.58. The molecule has 2 aromatic carbocycles. The zero-order valence-electron chi connectivity index (χ0n) is 14.3. The molecule has 0 unspecified atom stereocenters. The van der Waals surface area contributed by atoms with Gasteiger partial charge in [-0.2, -0.15) is 5.10 Å². The summed E-state index contributed by atoms with van der Waals surface area (Å²) < 4.78 is 20.1. The van der Waals surface area contributed by atoms with Gasteiger partial charge in [-0.25, -0.2) is 4.39 Å². The quantitative estimate of drug-likeness (QED) is 0.725. The van der Waals surface area contributed by atoms with Crippen LogP contribution >= 0.6 is 11.6 Å². The smallest absolute Gasteiger partial charge is 0.257 e. The van der Waals surface area contributed by atoms with E-state index in [4.69, 9.17) is 16.3 Å². The van der Waals surface area contributed by atoms with E-state index in [-0.39, 0.29) is 17.5 Å². The molecule has 3 rings (SSSR count). The molecule has 0 fully saturated rings. The predicted octanol–water partition coefficient (Wildman–Crippen LogP) is 4.29. The first-order valence-corrected chi connectivity index (χ1v) is 8.28. The molecule has 0 radical (unpaired) electrons. The molecule has 1 amide bonds. The van der Waals surface area contributed by atoms with Gasteiger partial charge in [0.2, 0.25) is 0 Å². The van der Waals surface area contributed by atoms with Crippen LogP contribution in [0.3, 0.4) is 0 Å². The fourth-order valence-electron chi connectivity index (χ4n) is 2.64. The Balaban J connectivity index is 1.78. The Kier molecular flexibility index (Phi) is 5.23. The lowest BCUT2D eigenvalue weighted by Crippen LogP contribution is -2.15. The molecule has 0 saturated heterocycles. The average Bonchev–Trinajstić information content (AvgIpc) is 2.94. The standard InChI is InChI=1S/C19H17ClFN3O2/c1-12-15(7-4-8-17(12)26-2)19(25)22-18-16(20)11-24(23-18)10-13-5-3-6-14(21)9-13/h3-9,11H,10H2,1-2H3,(H,22,23,25). The third-order valence-electron chi connectivity index (χ3n) is 3.93. The molecule has 1 aromatic heterocycles. The number of rotatable bonds is 5. The Morgan fingerprint density at radius 2 is 2.08 bits per heavy atom. The van der Waals surface area contributed by atoms with E-state index in [1.54, 1.807) is 55.2 Å². The summed E-state index contributed by atoms with van der Waals surface area (Å²) in [7, 11) is 1.55. The van der Waals surface area contributed by atoms with Crippen molar-refractivity contribution in [1.29, 1.82) is 0 Å². The minimum Gasteiger partial charge on any atom is -0.496 e. The van der Waals surface area contributed by atoms with Crippen molar-refractivity contribution in [2.24, 2.45) is 0 Å². The molecule has 3 aromatic rings. The number of anilines is 1. The van der Waals surface area contributed by atoms with Crippen LogP contribution in [-0.2, 0) is 6.54 Å². The van der Waals surface area contributed by atoms with Crippen LogP contribution in [0.5, 0.6) is 5.75 Å². The number of benzene rings is 2. The summed E-state index contributed by atoms with van der Waals surface area (Å²) in [5.41, 5.74) is 1.94. The number of halogens is 2. The minimum atomic E-state index is -0.334. The van der Waals surface area contributed by atoms with Gasteiger partial charge in [-0.3, -0.25) is 9.48 Å². The van der Waals surface area contributed by atoms with Crippen molar-refractivity contribution in [2.75, 3.05) is 12.4 Å². The van der Waals surface area contributed by atoms with Gasteiger partial charge in [0.05, 0.1) is 13.7 Å². The number of methoxy groups -OCH3 is 1. The van der Waals surface area contributed by atoms with Crippen LogP contribution in [0.2, 0.25) is 5.02 Å². The van der Waals surface area contributed by atoms with Gasteiger partial charge in [-0.15, -0.1) is 0 Å². The summed E-state index contributed by atoms with van der Waals surface area (Å²) in [5.74, 6) is 0.220. The normalized spacial score (nSPS) is 10.6. The Bertz CT molecular complexity index is 956. The second-order valence-electron chi connectivity index (χ2n) is 5.74. The molecule has 1 heterocycles. The maximum Gasteiger partial charge on any atom is 0.257 e. The number of nitrogens with one attached hydrogen (secondary N) is 1. The van der Waals surface area contributed by atoms with E-state index in [0.29, 0.717) is 22.9 Å². The molecular formula is C19H17ClFN3O2. The van der Waals surface area contributed by atoms with E-state index in [1.807, 2.05) is 0 Å². The monoisotopic (exact) mass is 373 g/mol. The molecule has 0 bridgehead atoms. The molecular weight excluding hydrogens is 357 g/mol. The summed E-state index contributed by atoms with van der Waals surface area (Å²) in [6.45, 7) is 2.14. The van der Waals surface area contributed by atoms with E-state index in [9.17, 15) is 9.18 Å². The Morgan fingerprint density at radius 3 is 2.81 bits per heavy atom. The average molecular weight is 374 g/mol. The van der Waals surface area contributed by atoms with Crippen LogP contribution < -0.4 is 10.1 Å². The van der Waals surface area contributed by atoms with Crippen LogP contribution in [0.15, 0.2) is 48.7 Å². The van der Waals surface area contributed by atoms with Gasteiger partial charge in [0.1, 0.15) is 16.6 Å². The van der Waals surface area contributed by atoms with E-state index in [1.165, 1.54) is 12.1 Å². The van der Waals surface area contributed by atoms with Gasteiger partial charge >= 0.3 is 0 Å². The highest BCUT2D eigenvalue weighted by Gasteiger charge is 2.16. The van der Waals surface area contributed by atoms with E-state index >= 15 is 0 Å². The maximum atomic E-state index is 13.3. The minimum absolute atomic E-state index is 0.246. The molecule has 134 valence electrons. The first-order chi connectivity index (χ1) is 12.5. The molecule has 1 N–H and O–H groups in total. The lowest BCUT2D eigenvalue weighted by molar-refractivity contribution is 0.102. The highest BCUT2D eigenvalue weighted by molar-refractivity contribution is 6.33.